The van der Waals surface area contributed by atoms with E-state index in [0.717, 1.165) is 60.3 Å². The topological polar surface area (TPSA) is 66.6 Å². The molecule has 0 amide bonds. The van der Waals surface area contributed by atoms with Gasteiger partial charge in [-0.25, -0.2) is 10.3 Å². The first-order valence-electron chi connectivity index (χ1n) is 9.63. The van der Waals surface area contributed by atoms with Gasteiger partial charge in [-0.1, -0.05) is 18.2 Å². The summed E-state index contributed by atoms with van der Waals surface area (Å²) in [5.41, 5.74) is 5.85. The second-order valence-corrected chi connectivity index (χ2v) is 7.74. The molecule has 1 saturated heterocycles. The van der Waals surface area contributed by atoms with Gasteiger partial charge in [0, 0.05) is 49.5 Å². The summed E-state index contributed by atoms with van der Waals surface area (Å²) in [6.45, 7) is 4.01. The number of nitrogens with one attached hydrogen (secondary N) is 2. The summed E-state index contributed by atoms with van der Waals surface area (Å²) in [5.74, 6) is 0.578. The number of likely N-dealkylation sites (tertiary alicyclic amines) is 1. The molecule has 0 radical (unpaired) electrons. The van der Waals surface area contributed by atoms with Crippen LogP contribution in [0.15, 0.2) is 41.9 Å². The lowest BCUT2D eigenvalue weighted by molar-refractivity contribution is -0.149. The van der Waals surface area contributed by atoms with E-state index in [9.17, 15) is 4.79 Å². The number of H-pyrrole nitrogens is 1. The van der Waals surface area contributed by atoms with Crippen molar-refractivity contribution in [2.24, 2.45) is 0 Å². The Kier molecular flexibility index (Phi) is 4.83. The molecule has 27 heavy (non-hydrogen) atoms. The number of nitrogens with zero attached hydrogens (tertiary/aromatic N) is 1. The highest BCUT2D eigenvalue weighted by Crippen LogP contribution is 2.40. The first-order valence-corrected chi connectivity index (χ1v) is 9.63. The Morgan fingerprint density at radius 2 is 2.11 bits per heavy atom. The normalized spacial score (nSPS) is 19.5. The fraction of sp³-hybridized carbons (Fsp3) is 0.476. The Morgan fingerprint density at radius 3 is 2.93 bits per heavy atom. The van der Waals surface area contributed by atoms with Gasteiger partial charge < -0.3 is 19.5 Å². The zero-order chi connectivity index (χ0) is 18.9. The molecule has 6 nitrogen and oxygen atoms in total. The van der Waals surface area contributed by atoms with Crippen LogP contribution in [0.1, 0.15) is 38.2 Å². The first-order chi connectivity index (χ1) is 13.0. The highest BCUT2D eigenvalue weighted by atomic mass is 16.7. The number of rotatable bonds is 5. The van der Waals surface area contributed by atoms with Crippen LogP contribution in [-0.4, -0.2) is 41.6 Å². The third-order valence-corrected chi connectivity index (χ3v) is 5.75. The van der Waals surface area contributed by atoms with Crippen molar-refractivity contribution in [3.8, 4) is 0 Å². The quantitative estimate of drug-likeness (QED) is 0.792. The zero-order valence-corrected chi connectivity index (χ0v) is 16.0. The van der Waals surface area contributed by atoms with Crippen molar-refractivity contribution >= 4 is 16.9 Å². The molecule has 3 heterocycles. The lowest BCUT2D eigenvalue weighted by Crippen LogP contribution is -2.43. The summed E-state index contributed by atoms with van der Waals surface area (Å²) in [4.78, 5) is 23.1. The number of piperidine rings is 1. The Labute approximate surface area is 159 Å². The van der Waals surface area contributed by atoms with Crippen LogP contribution in [0.3, 0.4) is 0 Å². The predicted octanol–water partition coefficient (Wildman–Crippen LogP) is 3.26. The number of aromatic amines is 1. The Hall–Kier alpha value is -2.47. The molecule has 2 N–H and O–H groups in total. The number of aryl methyl sites for hydroxylation is 1. The smallest absolute Gasteiger partial charge is 0.332 e. The maximum Gasteiger partial charge on any atom is 0.332 e. The van der Waals surface area contributed by atoms with Crippen molar-refractivity contribution in [1.82, 2.24) is 15.4 Å². The molecule has 1 spiro atoms. The van der Waals surface area contributed by atoms with Gasteiger partial charge in [0.2, 0.25) is 0 Å². The number of aromatic nitrogens is 1. The molecular formula is C21H27N3O3. The molecule has 1 aromatic carbocycles. The number of hydrogen-bond donors (Lipinski definition) is 2. The molecule has 4 rings (SSSR count). The minimum absolute atomic E-state index is 0.130. The molecule has 2 aliphatic heterocycles. The van der Waals surface area contributed by atoms with Gasteiger partial charge in [0.05, 0.1) is 12.1 Å². The molecule has 2 aromatic rings. The summed E-state index contributed by atoms with van der Waals surface area (Å²) in [7, 11) is 2.14. The van der Waals surface area contributed by atoms with Crippen LogP contribution in [0.2, 0.25) is 0 Å². The summed E-state index contributed by atoms with van der Waals surface area (Å²) in [6, 6.07) is 8.11. The lowest BCUT2D eigenvalue weighted by Gasteiger charge is -2.37. The van der Waals surface area contributed by atoms with E-state index in [-0.39, 0.29) is 11.6 Å². The molecule has 2 aliphatic rings. The van der Waals surface area contributed by atoms with Crippen LogP contribution >= 0.6 is 0 Å². The average molecular weight is 369 g/mol. The van der Waals surface area contributed by atoms with E-state index >= 15 is 0 Å². The summed E-state index contributed by atoms with van der Waals surface area (Å²) < 4.78 is 6.15. The van der Waals surface area contributed by atoms with Crippen molar-refractivity contribution < 1.29 is 14.4 Å². The number of allylic oxidation sites excluding steroid dienone is 1. The second kappa shape index (κ2) is 7.27. The van der Waals surface area contributed by atoms with Crippen molar-refractivity contribution in [3.63, 3.8) is 0 Å². The van der Waals surface area contributed by atoms with E-state index in [1.165, 1.54) is 0 Å². The monoisotopic (exact) mass is 369 g/mol. The SMILES string of the molecule is CC1=C(NOC(=O)CCc2c[nH]c3ccccc23)CC2(CCN(C)CC2)O1. The standard InChI is InChI=1S/C21H27N3O3/c1-15-19(13-21(26-15)9-11-24(2)12-10-21)23-27-20(25)8-7-16-14-22-18-6-4-3-5-17(16)18/h3-6,14,22-23H,7-13H2,1-2H3. The number of benzene rings is 1. The van der Waals surface area contributed by atoms with Gasteiger partial charge in [-0.3, -0.25) is 0 Å². The number of para-hydroxylation sites is 1. The summed E-state index contributed by atoms with van der Waals surface area (Å²) in [5, 5.41) is 1.16. The molecule has 0 bridgehead atoms. The number of hydrogen-bond acceptors (Lipinski definition) is 5. The van der Waals surface area contributed by atoms with Gasteiger partial charge in [-0.2, -0.15) is 0 Å². The Morgan fingerprint density at radius 1 is 1.33 bits per heavy atom. The first kappa shape index (κ1) is 17.9. The van der Waals surface area contributed by atoms with E-state index in [4.69, 9.17) is 9.57 Å². The zero-order valence-electron chi connectivity index (χ0n) is 16.0. The lowest BCUT2D eigenvalue weighted by atomic mass is 9.88. The highest BCUT2D eigenvalue weighted by molar-refractivity contribution is 5.83. The van der Waals surface area contributed by atoms with Crippen molar-refractivity contribution in [2.75, 3.05) is 20.1 Å². The van der Waals surface area contributed by atoms with Gasteiger partial charge in [-0.05, 0) is 32.0 Å². The molecule has 6 heteroatoms. The minimum Gasteiger partial charge on any atom is -0.489 e. The highest BCUT2D eigenvalue weighted by Gasteiger charge is 2.42. The molecule has 1 fully saturated rings. The summed E-state index contributed by atoms with van der Waals surface area (Å²) in [6.07, 6.45) is 5.73. The Balaban J connectivity index is 1.27. The fourth-order valence-corrected chi connectivity index (χ4v) is 4.03. The molecule has 144 valence electrons. The third kappa shape index (κ3) is 3.81. The Bertz CT molecular complexity index is 862. The van der Waals surface area contributed by atoms with Crippen molar-refractivity contribution in [3.05, 3.63) is 47.5 Å². The number of carbonyl (C=O) groups excluding carboxylic acids is 1. The van der Waals surface area contributed by atoms with Gasteiger partial charge in [-0.15, -0.1) is 0 Å². The van der Waals surface area contributed by atoms with Gasteiger partial charge in [0.25, 0.3) is 0 Å². The molecule has 0 unspecified atom stereocenters. The van der Waals surface area contributed by atoms with E-state index < -0.39 is 0 Å². The maximum atomic E-state index is 12.2. The van der Waals surface area contributed by atoms with E-state index in [0.29, 0.717) is 12.8 Å². The van der Waals surface area contributed by atoms with Crippen LogP contribution in [0.4, 0.5) is 0 Å². The average Bonchev–Trinajstić information content (AvgIpc) is 3.22. The van der Waals surface area contributed by atoms with E-state index in [2.05, 4.69) is 28.5 Å². The van der Waals surface area contributed by atoms with Gasteiger partial charge in [0.1, 0.15) is 11.4 Å². The summed E-state index contributed by atoms with van der Waals surface area (Å²) >= 11 is 0. The van der Waals surface area contributed by atoms with Crippen molar-refractivity contribution in [1.29, 1.82) is 0 Å². The number of ether oxygens (including phenoxy) is 1. The number of hydroxylamine groups is 1. The molecule has 1 aromatic heterocycles. The second-order valence-electron chi connectivity index (χ2n) is 7.74. The van der Waals surface area contributed by atoms with Gasteiger partial charge >= 0.3 is 5.97 Å². The van der Waals surface area contributed by atoms with E-state index in [1.807, 2.05) is 31.3 Å². The largest absolute Gasteiger partial charge is 0.489 e. The number of carbonyl (C=O) groups is 1. The molecule has 0 atom stereocenters. The van der Waals surface area contributed by atoms with Crippen LogP contribution < -0.4 is 5.48 Å². The molecular weight excluding hydrogens is 342 g/mol. The van der Waals surface area contributed by atoms with Crippen LogP contribution in [0, 0.1) is 0 Å². The van der Waals surface area contributed by atoms with Crippen LogP contribution in [0.25, 0.3) is 10.9 Å². The van der Waals surface area contributed by atoms with Crippen molar-refractivity contribution in [2.45, 2.75) is 44.6 Å². The predicted molar refractivity (Wildman–Crippen MR) is 104 cm³/mol. The van der Waals surface area contributed by atoms with Crippen LogP contribution in [0.5, 0.6) is 0 Å². The van der Waals surface area contributed by atoms with E-state index in [1.54, 1.807) is 0 Å². The molecule has 0 saturated carbocycles. The molecule has 0 aliphatic carbocycles. The maximum absolute atomic E-state index is 12.2. The number of fused-ring (bicyclic) bond motifs is 1. The van der Waals surface area contributed by atoms with Gasteiger partial charge in [0.15, 0.2) is 0 Å². The minimum atomic E-state index is -0.259. The third-order valence-electron chi connectivity index (χ3n) is 5.75. The van der Waals surface area contributed by atoms with Crippen LogP contribution in [-0.2, 0) is 20.8 Å². The fourth-order valence-electron chi connectivity index (χ4n) is 4.03.